The van der Waals surface area contributed by atoms with E-state index >= 15 is 0 Å². The smallest absolute Gasteiger partial charge is 0.276 e. The molecule has 144 valence electrons. The molecule has 0 spiro atoms. The predicted molar refractivity (Wildman–Crippen MR) is 94.4 cm³/mol. The Bertz CT molecular complexity index is 978. The number of aromatic nitrogens is 2. The molecular weight excluding hydrogens is 368 g/mol. The average molecular weight is 385 g/mol. The lowest BCUT2D eigenvalue weighted by molar-refractivity contribution is 0.0727. The second-order valence-electron chi connectivity index (χ2n) is 6.38. The molecule has 3 heterocycles. The lowest BCUT2D eigenvalue weighted by atomic mass is 10.1. The number of amides is 1. The number of ether oxygens (including phenoxy) is 1. The van der Waals surface area contributed by atoms with Gasteiger partial charge in [-0.05, 0) is 37.1 Å². The fraction of sp³-hybridized carbons (Fsp3) is 0.250. The van der Waals surface area contributed by atoms with Crippen LogP contribution in [0.1, 0.15) is 41.0 Å². The van der Waals surface area contributed by atoms with E-state index in [1.54, 1.807) is 11.1 Å². The number of carbonyl (C=O) groups is 1. The van der Waals surface area contributed by atoms with E-state index in [0.717, 1.165) is 24.6 Å². The molecule has 8 heteroatoms. The van der Waals surface area contributed by atoms with Crippen molar-refractivity contribution < 1.29 is 22.7 Å². The fourth-order valence-corrected chi connectivity index (χ4v) is 3.25. The van der Waals surface area contributed by atoms with Gasteiger partial charge in [0.2, 0.25) is 11.7 Å². The van der Waals surface area contributed by atoms with Crippen LogP contribution in [0.5, 0.6) is 5.75 Å². The summed E-state index contributed by atoms with van der Waals surface area (Å²) in [5.74, 6) is -2.50. The van der Waals surface area contributed by atoms with Crippen molar-refractivity contribution in [2.45, 2.75) is 25.5 Å². The van der Waals surface area contributed by atoms with Gasteiger partial charge in [0, 0.05) is 12.7 Å². The van der Waals surface area contributed by atoms with Gasteiger partial charge in [0.1, 0.15) is 6.26 Å². The zero-order valence-electron chi connectivity index (χ0n) is 14.8. The Labute approximate surface area is 159 Å². The molecule has 0 N–H and O–H groups in total. The lowest BCUT2D eigenvalue weighted by Crippen LogP contribution is -2.31. The maximum atomic E-state index is 13.6. The Hall–Kier alpha value is -3.29. The summed E-state index contributed by atoms with van der Waals surface area (Å²) >= 11 is 0. The van der Waals surface area contributed by atoms with Crippen LogP contribution in [0.4, 0.5) is 8.78 Å². The van der Waals surface area contributed by atoms with E-state index in [0.29, 0.717) is 6.54 Å². The molecule has 0 radical (unpaired) electrons. The van der Waals surface area contributed by atoms with E-state index in [9.17, 15) is 13.6 Å². The summed E-state index contributed by atoms with van der Waals surface area (Å²) in [7, 11) is 0. The first-order valence-electron chi connectivity index (χ1n) is 8.86. The molecular formula is C20H17F2N3O3. The maximum Gasteiger partial charge on any atom is 0.276 e. The number of likely N-dealkylation sites (tertiary alicyclic amines) is 1. The number of oxazole rings is 1. The second-order valence-corrected chi connectivity index (χ2v) is 6.38. The van der Waals surface area contributed by atoms with Gasteiger partial charge in [-0.3, -0.25) is 9.78 Å². The Balaban J connectivity index is 1.45. The third kappa shape index (κ3) is 3.58. The molecule has 1 atom stereocenters. The standard InChI is InChI=1S/C20H17F2N3O3/c21-13-5-3-8-17(19(13)22)27-12-18-24-15(11-28-18)20(26)25-10-4-7-16(25)14-6-1-2-9-23-14/h1-3,5-6,8-9,11,16H,4,7,10,12H2/t16-/m1/s1. The number of carbonyl (C=O) groups excluding carboxylic acids is 1. The predicted octanol–water partition coefficient (Wildman–Crippen LogP) is 3.90. The van der Waals surface area contributed by atoms with Crippen LogP contribution in [-0.4, -0.2) is 27.3 Å². The van der Waals surface area contributed by atoms with E-state index in [1.165, 1.54) is 18.4 Å². The van der Waals surface area contributed by atoms with Crippen molar-refractivity contribution in [1.29, 1.82) is 0 Å². The molecule has 6 nitrogen and oxygen atoms in total. The minimum atomic E-state index is -1.08. The van der Waals surface area contributed by atoms with Crippen LogP contribution in [-0.2, 0) is 6.61 Å². The summed E-state index contributed by atoms with van der Waals surface area (Å²) in [6, 6.07) is 9.14. The van der Waals surface area contributed by atoms with Crippen LogP contribution in [0.25, 0.3) is 0 Å². The van der Waals surface area contributed by atoms with Crippen molar-refractivity contribution in [2.24, 2.45) is 0 Å². The van der Waals surface area contributed by atoms with Gasteiger partial charge in [-0.25, -0.2) is 9.37 Å². The first-order chi connectivity index (χ1) is 13.6. The molecule has 1 saturated heterocycles. The molecule has 0 bridgehead atoms. The Morgan fingerprint density at radius 2 is 2.14 bits per heavy atom. The summed E-state index contributed by atoms with van der Waals surface area (Å²) in [6.45, 7) is 0.380. The Morgan fingerprint density at radius 3 is 2.96 bits per heavy atom. The third-order valence-corrected chi connectivity index (χ3v) is 4.58. The van der Waals surface area contributed by atoms with Gasteiger partial charge in [-0.1, -0.05) is 12.1 Å². The molecule has 3 aromatic rings. The van der Waals surface area contributed by atoms with Crippen molar-refractivity contribution >= 4 is 5.91 Å². The molecule has 0 aliphatic carbocycles. The highest BCUT2D eigenvalue weighted by molar-refractivity contribution is 5.92. The van der Waals surface area contributed by atoms with Gasteiger partial charge >= 0.3 is 0 Å². The number of nitrogens with zero attached hydrogens (tertiary/aromatic N) is 3. The third-order valence-electron chi connectivity index (χ3n) is 4.58. The van der Waals surface area contributed by atoms with E-state index in [4.69, 9.17) is 9.15 Å². The monoisotopic (exact) mass is 385 g/mol. The normalized spacial score (nSPS) is 16.4. The highest BCUT2D eigenvalue weighted by Crippen LogP contribution is 2.31. The zero-order chi connectivity index (χ0) is 19.5. The van der Waals surface area contributed by atoms with Crippen LogP contribution < -0.4 is 4.74 Å². The molecule has 1 amide bonds. The summed E-state index contributed by atoms with van der Waals surface area (Å²) in [4.78, 5) is 23.0. The average Bonchev–Trinajstić information content (AvgIpc) is 3.39. The molecule has 1 aliphatic rings. The maximum absolute atomic E-state index is 13.6. The fourth-order valence-electron chi connectivity index (χ4n) is 3.25. The topological polar surface area (TPSA) is 68.5 Å². The van der Waals surface area contributed by atoms with Crippen LogP contribution in [0.3, 0.4) is 0 Å². The lowest BCUT2D eigenvalue weighted by Gasteiger charge is -2.23. The first-order valence-corrected chi connectivity index (χ1v) is 8.86. The second kappa shape index (κ2) is 7.75. The molecule has 0 unspecified atom stereocenters. The highest BCUT2D eigenvalue weighted by Gasteiger charge is 2.32. The summed E-state index contributed by atoms with van der Waals surface area (Å²) in [5.41, 5.74) is 0.975. The number of pyridine rings is 1. The van der Waals surface area contributed by atoms with Gasteiger partial charge in [-0.15, -0.1) is 0 Å². The zero-order valence-corrected chi connectivity index (χ0v) is 14.8. The molecule has 4 rings (SSSR count). The highest BCUT2D eigenvalue weighted by atomic mass is 19.2. The van der Waals surface area contributed by atoms with Gasteiger partial charge in [0.25, 0.3) is 5.91 Å². The minimum Gasteiger partial charge on any atom is -0.481 e. The van der Waals surface area contributed by atoms with Crippen molar-refractivity contribution in [2.75, 3.05) is 6.54 Å². The molecule has 2 aromatic heterocycles. The van der Waals surface area contributed by atoms with Gasteiger partial charge in [0.15, 0.2) is 23.9 Å². The van der Waals surface area contributed by atoms with Crippen molar-refractivity contribution in [3.05, 3.63) is 77.8 Å². The van der Waals surface area contributed by atoms with Crippen LogP contribution in [0.15, 0.2) is 53.3 Å². The quantitative estimate of drug-likeness (QED) is 0.666. The number of hydrogen-bond donors (Lipinski definition) is 0. The van der Waals surface area contributed by atoms with Gasteiger partial charge < -0.3 is 14.1 Å². The SMILES string of the molecule is O=C(c1coc(COc2cccc(F)c2F)n1)N1CCC[C@@H]1c1ccccn1. The van der Waals surface area contributed by atoms with Crippen LogP contribution in [0.2, 0.25) is 0 Å². The largest absolute Gasteiger partial charge is 0.481 e. The van der Waals surface area contributed by atoms with E-state index in [1.807, 2.05) is 18.2 Å². The van der Waals surface area contributed by atoms with Crippen LogP contribution in [0, 0.1) is 11.6 Å². The number of halogens is 2. The summed E-state index contributed by atoms with van der Waals surface area (Å²) in [6.07, 6.45) is 4.65. The first kappa shape index (κ1) is 18.1. The molecule has 28 heavy (non-hydrogen) atoms. The van der Waals surface area contributed by atoms with Crippen molar-refractivity contribution in [3.63, 3.8) is 0 Å². The minimum absolute atomic E-state index is 0.0978. The van der Waals surface area contributed by atoms with E-state index < -0.39 is 11.6 Å². The van der Waals surface area contributed by atoms with Crippen molar-refractivity contribution in [3.8, 4) is 5.75 Å². The summed E-state index contributed by atoms with van der Waals surface area (Å²) in [5, 5.41) is 0. The molecule has 1 aromatic carbocycles. The van der Waals surface area contributed by atoms with Crippen molar-refractivity contribution in [1.82, 2.24) is 14.9 Å². The molecule has 1 fully saturated rings. The number of rotatable bonds is 5. The van der Waals surface area contributed by atoms with Crippen LogP contribution >= 0.6 is 0 Å². The van der Waals surface area contributed by atoms with E-state index in [2.05, 4.69) is 9.97 Å². The Morgan fingerprint density at radius 1 is 1.25 bits per heavy atom. The number of benzene rings is 1. The van der Waals surface area contributed by atoms with E-state index in [-0.39, 0.29) is 35.9 Å². The summed E-state index contributed by atoms with van der Waals surface area (Å²) < 4.78 is 37.3. The Kier molecular flexibility index (Phi) is 5.01. The molecule has 1 aliphatic heterocycles. The van der Waals surface area contributed by atoms with Gasteiger partial charge in [0.05, 0.1) is 11.7 Å². The molecule has 0 saturated carbocycles. The van der Waals surface area contributed by atoms with Gasteiger partial charge in [-0.2, -0.15) is 4.39 Å². The number of hydrogen-bond acceptors (Lipinski definition) is 5.